The molecule has 0 fully saturated rings. The molecule has 1 amide bonds. The van der Waals surface area contributed by atoms with Crippen molar-refractivity contribution in [1.82, 2.24) is 9.55 Å². The Bertz CT molecular complexity index is 1670. The van der Waals surface area contributed by atoms with Crippen LogP contribution in [0, 0.1) is 0 Å². The summed E-state index contributed by atoms with van der Waals surface area (Å²) in [4.78, 5) is 32.0. The van der Waals surface area contributed by atoms with Gasteiger partial charge in [0.2, 0.25) is 5.91 Å². The molecule has 0 aliphatic carbocycles. The van der Waals surface area contributed by atoms with Gasteiger partial charge in [0.05, 0.1) is 16.7 Å². The predicted octanol–water partition coefficient (Wildman–Crippen LogP) is 7.33. The van der Waals surface area contributed by atoms with E-state index >= 15 is 0 Å². The lowest BCUT2D eigenvalue weighted by molar-refractivity contribution is -0.114. The van der Waals surface area contributed by atoms with E-state index < -0.39 is 0 Å². The van der Waals surface area contributed by atoms with Crippen LogP contribution in [0.1, 0.15) is 33.3 Å². The van der Waals surface area contributed by atoms with Gasteiger partial charge in [-0.1, -0.05) is 76.7 Å². The van der Waals surface area contributed by atoms with Crippen molar-refractivity contribution >= 4 is 33.4 Å². The summed E-state index contributed by atoms with van der Waals surface area (Å²) in [5.74, 6) is -0.136. The summed E-state index contributed by atoms with van der Waals surface area (Å²) in [5, 5.41) is 1.77. The summed E-state index contributed by atoms with van der Waals surface area (Å²) >= 11 is 0. The molecule has 1 aliphatic heterocycles. The molecule has 0 saturated carbocycles. The lowest BCUT2D eigenvalue weighted by atomic mass is 10.0. The van der Waals surface area contributed by atoms with Crippen LogP contribution >= 0.6 is 0 Å². The van der Waals surface area contributed by atoms with Gasteiger partial charge in [-0.25, -0.2) is 0 Å². The zero-order chi connectivity index (χ0) is 27.2. The molecule has 3 aromatic carbocycles. The summed E-state index contributed by atoms with van der Waals surface area (Å²) in [6, 6.07) is 25.6. The van der Waals surface area contributed by atoms with Gasteiger partial charge in [0.25, 0.3) is 5.56 Å². The summed E-state index contributed by atoms with van der Waals surface area (Å²) in [7, 11) is 0. The smallest absolute Gasteiger partial charge is 0.255 e. The molecule has 0 atom stereocenters. The molecule has 0 saturated heterocycles. The van der Waals surface area contributed by atoms with Crippen molar-refractivity contribution in [2.75, 3.05) is 11.4 Å². The minimum absolute atomic E-state index is 0.135. The summed E-state index contributed by atoms with van der Waals surface area (Å²) in [5.41, 5.74) is 6.27. The standard InChI is InChI=1S/C29H21N3O2.2C2H6/c1-2-27(33)31-15-14-20-8-11-23(17-26(20)31)32-28(34)13-10-22-18-30-25-12-9-21(16-24(25)29(22)32)19-6-4-3-5-7-19;2*1-2/h2-13,16-18H,1,14-15H2;2*1-2H3. The highest BCUT2D eigenvalue weighted by Crippen LogP contribution is 2.33. The molecule has 0 radical (unpaired) electrons. The maximum atomic E-state index is 13.2. The van der Waals surface area contributed by atoms with Gasteiger partial charge in [0.1, 0.15) is 0 Å². The summed E-state index contributed by atoms with van der Waals surface area (Å²) in [6.45, 7) is 12.2. The number of amides is 1. The third-order valence-electron chi connectivity index (χ3n) is 6.49. The molecular weight excluding hydrogens is 470 g/mol. The number of rotatable bonds is 3. The first-order valence-corrected chi connectivity index (χ1v) is 13.2. The first-order valence-electron chi connectivity index (χ1n) is 13.2. The first-order chi connectivity index (χ1) is 18.6. The monoisotopic (exact) mass is 503 g/mol. The number of carbonyl (C=O) groups excluding carboxylic acids is 1. The predicted molar refractivity (Wildman–Crippen MR) is 159 cm³/mol. The Labute approximate surface area is 223 Å². The van der Waals surface area contributed by atoms with Gasteiger partial charge >= 0.3 is 0 Å². The second kappa shape index (κ2) is 11.7. The molecule has 0 spiro atoms. The molecule has 192 valence electrons. The fourth-order valence-electron chi connectivity index (χ4n) is 4.82. The van der Waals surface area contributed by atoms with Crippen LogP contribution in [0.5, 0.6) is 0 Å². The Hall–Kier alpha value is -4.51. The highest BCUT2D eigenvalue weighted by atomic mass is 16.2. The minimum Gasteiger partial charge on any atom is -0.308 e. The first kappa shape index (κ1) is 26.6. The fourth-order valence-corrected chi connectivity index (χ4v) is 4.82. The van der Waals surface area contributed by atoms with Crippen molar-refractivity contribution < 1.29 is 4.79 Å². The van der Waals surface area contributed by atoms with Crippen molar-refractivity contribution in [3.63, 3.8) is 0 Å². The highest BCUT2D eigenvalue weighted by Gasteiger charge is 2.24. The van der Waals surface area contributed by atoms with Crippen molar-refractivity contribution in [1.29, 1.82) is 0 Å². The van der Waals surface area contributed by atoms with Gasteiger partial charge in [-0.3, -0.25) is 19.1 Å². The average molecular weight is 504 g/mol. The molecule has 3 heterocycles. The largest absolute Gasteiger partial charge is 0.308 e. The normalized spacial score (nSPS) is 11.7. The zero-order valence-electron chi connectivity index (χ0n) is 22.4. The Morgan fingerprint density at radius 3 is 2.39 bits per heavy atom. The number of carbonyl (C=O) groups is 1. The lowest BCUT2D eigenvalue weighted by Crippen LogP contribution is -2.27. The number of pyridine rings is 2. The molecule has 0 N–H and O–H groups in total. The summed E-state index contributed by atoms with van der Waals surface area (Å²) < 4.78 is 1.73. The molecule has 5 nitrogen and oxygen atoms in total. The Kier molecular flexibility index (Phi) is 8.17. The lowest BCUT2D eigenvalue weighted by Gasteiger charge is -2.18. The van der Waals surface area contributed by atoms with Gasteiger partial charge in [0.15, 0.2) is 0 Å². The highest BCUT2D eigenvalue weighted by molar-refractivity contribution is 6.06. The van der Waals surface area contributed by atoms with Gasteiger partial charge < -0.3 is 4.90 Å². The minimum atomic E-state index is -0.136. The summed E-state index contributed by atoms with van der Waals surface area (Å²) in [6.07, 6.45) is 3.92. The van der Waals surface area contributed by atoms with Gasteiger partial charge in [0, 0.05) is 35.3 Å². The molecule has 6 rings (SSSR count). The van der Waals surface area contributed by atoms with E-state index in [1.165, 1.54) is 6.08 Å². The van der Waals surface area contributed by atoms with Crippen molar-refractivity contribution in [2.45, 2.75) is 34.1 Å². The number of anilines is 1. The topological polar surface area (TPSA) is 55.2 Å². The van der Waals surface area contributed by atoms with E-state index in [-0.39, 0.29) is 11.5 Å². The molecule has 38 heavy (non-hydrogen) atoms. The van der Waals surface area contributed by atoms with E-state index in [1.807, 2.05) is 76.2 Å². The molecular formula is C33H33N3O2. The fraction of sp³-hybridized carbons (Fsp3) is 0.182. The molecule has 1 aliphatic rings. The van der Waals surface area contributed by atoms with Crippen molar-refractivity contribution in [3.05, 3.63) is 114 Å². The second-order valence-corrected chi connectivity index (χ2v) is 8.42. The van der Waals surface area contributed by atoms with Crippen LogP contribution < -0.4 is 10.5 Å². The average Bonchev–Trinajstić information content (AvgIpc) is 3.42. The number of nitrogens with zero attached hydrogens (tertiary/aromatic N) is 3. The quantitative estimate of drug-likeness (QED) is 0.191. The number of hydrogen-bond acceptors (Lipinski definition) is 3. The van der Waals surface area contributed by atoms with Crippen LogP contribution in [0.3, 0.4) is 0 Å². The Morgan fingerprint density at radius 2 is 1.66 bits per heavy atom. The molecule has 0 unspecified atom stereocenters. The number of benzene rings is 3. The van der Waals surface area contributed by atoms with Crippen LogP contribution in [0.2, 0.25) is 0 Å². The molecule has 2 aromatic heterocycles. The van der Waals surface area contributed by atoms with Crippen LogP contribution in [-0.4, -0.2) is 22.0 Å². The van der Waals surface area contributed by atoms with E-state index in [0.717, 1.165) is 56.3 Å². The Morgan fingerprint density at radius 1 is 0.895 bits per heavy atom. The van der Waals surface area contributed by atoms with Crippen molar-refractivity contribution in [3.8, 4) is 16.8 Å². The van der Waals surface area contributed by atoms with E-state index in [0.29, 0.717) is 6.54 Å². The number of hydrogen-bond donors (Lipinski definition) is 0. The van der Waals surface area contributed by atoms with E-state index in [4.69, 9.17) is 0 Å². The van der Waals surface area contributed by atoms with Crippen LogP contribution in [0.15, 0.2) is 103 Å². The Balaban J connectivity index is 0.000000804. The van der Waals surface area contributed by atoms with Gasteiger partial charge in [-0.05, 0) is 59.5 Å². The number of fused-ring (bicyclic) bond motifs is 4. The third kappa shape index (κ3) is 4.75. The van der Waals surface area contributed by atoms with E-state index in [9.17, 15) is 9.59 Å². The molecule has 0 bridgehead atoms. The molecule has 5 aromatic rings. The van der Waals surface area contributed by atoms with E-state index in [2.05, 4.69) is 35.8 Å². The number of aromatic nitrogens is 2. The zero-order valence-corrected chi connectivity index (χ0v) is 22.4. The van der Waals surface area contributed by atoms with Crippen LogP contribution in [0.4, 0.5) is 5.69 Å². The van der Waals surface area contributed by atoms with Gasteiger partial charge in [-0.15, -0.1) is 0 Å². The van der Waals surface area contributed by atoms with Gasteiger partial charge in [-0.2, -0.15) is 0 Å². The second-order valence-electron chi connectivity index (χ2n) is 8.42. The maximum absolute atomic E-state index is 13.2. The third-order valence-corrected chi connectivity index (χ3v) is 6.49. The molecule has 5 heteroatoms. The van der Waals surface area contributed by atoms with Crippen LogP contribution in [-0.2, 0) is 11.2 Å². The van der Waals surface area contributed by atoms with E-state index in [1.54, 1.807) is 21.7 Å². The van der Waals surface area contributed by atoms with Crippen molar-refractivity contribution in [2.24, 2.45) is 0 Å². The maximum Gasteiger partial charge on any atom is 0.255 e. The van der Waals surface area contributed by atoms with Crippen LogP contribution in [0.25, 0.3) is 38.6 Å². The SMILES string of the molecule is C=CC(=O)N1CCc2ccc(-n3c(=O)ccc4cnc5ccc(-c6ccccc6)cc5c43)cc21.CC.CC.